The van der Waals surface area contributed by atoms with Gasteiger partial charge in [-0.15, -0.1) is 11.3 Å². The summed E-state index contributed by atoms with van der Waals surface area (Å²) >= 11 is 6.41. The van der Waals surface area contributed by atoms with Crippen LogP contribution in [0.3, 0.4) is 0 Å². The lowest BCUT2D eigenvalue weighted by atomic mass is 10.1. The molecule has 0 spiro atoms. The normalized spacial score (nSPS) is 14.5. The number of benzene rings is 2. The second kappa shape index (κ2) is 14.2. The van der Waals surface area contributed by atoms with Crippen LogP contribution in [-0.2, 0) is 16.0 Å². The molecule has 2 aromatic carbocycles. The molecule has 1 saturated heterocycles. The average Bonchev–Trinajstić information content (AvgIpc) is 3.65. The van der Waals surface area contributed by atoms with Gasteiger partial charge in [0, 0.05) is 43.7 Å². The first kappa shape index (κ1) is 32.8. The number of pyridine rings is 1. The number of halogens is 1. The van der Waals surface area contributed by atoms with Gasteiger partial charge in [0.15, 0.2) is 16.7 Å². The maximum Gasteiger partial charge on any atom is 0.410 e. The van der Waals surface area contributed by atoms with Gasteiger partial charge in [0.1, 0.15) is 11.4 Å². The van der Waals surface area contributed by atoms with Crippen LogP contribution in [0.25, 0.3) is 10.2 Å². The number of hydrogen-bond acceptors (Lipinski definition) is 8. The lowest BCUT2D eigenvalue weighted by Crippen LogP contribution is -2.36. The first-order valence-electron chi connectivity index (χ1n) is 14.7. The van der Waals surface area contributed by atoms with Gasteiger partial charge < -0.3 is 30.3 Å². The highest BCUT2D eigenvalue weighted by Gasteiger charge is 2.30. The van der Waals surface area contributed by atoms with E-state index in [2.05, 4.69) is 20.9 Å². The molecule has 0 bridgehead atoms. The SMILES string of the molecule is CC(C)(C)OC(=O)N1CC[C@H](CNC(=O)c2cc3nccc(Oc4ccc(NC(=S)NC(=O)Cc5ccccc5)cc4F)c3s2)C1. The molecule has 3 heterocycles. The summed E-state index contributed by atoms with van der Waals surface area (Å²) in [7, 11) is 0. The maximum atomic E-state index is 15.1. The van der Waals surface area contributed by atoms with Crippen LogP contribution in [-0.4, -0.2) is 58.1 Å². The number of nitrogens with zero attached hydrogens (tertiary/aromatic N) is 2. The molecule has 0 aliphatic carbocycles. The van der Waals surface area contributed by atoms with Crippen molar-refractivity contribution in [2.45, 2.75) is 39.2 Å². The molecule has 1 fully saturated rings. The molecule has 3 N–H and O–H groups in total. The third-order valence-electron chi connectivity index (χ3n) is 6.96. The highest BCUT2D eigenvalue weighted by molar-refractivity contribution is 7.80. The second-order valence-corrected chi connectivity index (χ2v) is 13.3. The number of hydrogen-bond donors (Lipinski definition) is 3. The van der Waals surface area contributed by atoms with Crippen molar-refractivity contribution in [1.82, 2.24) is 20.5 Å². The summed E-state index contributed by atoms with van der Waals surface area (Å²) in [4.78, 5) is 44.1. The van der Waals surface area contributed by atoms with Gasteiger partial charge in [-0.2, -0.15) is 0 Å². The number of carbonyl (C=O) groups excluding carboxylic acids is 3. The predicted molar refractivity (Wildman–Crippen MR) is 179 cm³/mol. The number of ether oxygens (including phenoxy) is 2. The van der Waals surface area contributed by atoms with Gasteiger partial charge in [0.2, 0.25) is 5.91 Å². The highest BCUT2D eigenvalue weighted by atomic mass is 32.1. The van der Waals surface area contributed by atoms with Crippen LogP contribution in [0.15, 0.2) is 66.9 Å². The number of carbonyl (C=O) groups is 3. The van der Waals surface area contributed by atoms with Crippen molar-refractivity contribution in [2.24, 2.45) is 5.92 Å². The summed E-state index contributed by atoms with van der Waals surface area (Å²) in [6, 6.07) is 16.7. The third kappa shape index (κ3) is 8.76. The molecule has 46 heavy (non-hydrogen) atoms. The number of nitrogens with one attached hydrogen (secondary N) is 3. The summed E-state index contributed by atoms with van der Waals surface area (Å²) in [5, 5.41) is 8.40. The number of thiocarbonyl (C=S) groups is 1. The monoisotopic (exact) mass is 663 g/mol. The van der Waals surface area contributed by atoms with Crippen molar-refractivity contribution < 1.29 is 28.2 Å². The molecule has 0 saturated carbocycles. The van der Waals surface area contributed by atoms with Gasteiger partial charge in [0.25, 0.3) is 5.91 Å². The maximum absolute atomic E-state index is 15.1. The Balaban J connectivity index is 1.16. The van der Waals surface area contributed by atoms with Crippen LogP contribution in [0.1, 0.15) is 42.4 Å². The number of rotatable bonds is 8. The zero-order valence-corrected chi connectivity index (χ0v) is 27.2. The van der Waals surface area contributed by atoms with Crippen molar-refractivity contribution in [2.75, 3.05) is 25.0 Å². The summed E-state index contributed by atoms with van der Waals surface area (Å²) in [6.07, 6.45) is 2.10. The topological polar surface area (TPSA) is 122 Å². The fourth-order valence-corrected chi connectivity index (χ4v) is 6.03. The molecule has 4 aromatic rings. The van der Waals surface area contributed by atoms with Gasteiger partial charge in [-0.05, 0) is 69.1 Å². The van der Waals surface area contributed by atoms with Gasteiger partial charge in [-0.1, -0.05) is 30.3 Å². The van der Waals surface area contributed by atoms with Crippen molar-refractivity contribution in [3.05, 3.63) is 83.1 Å². The van der Waals surface area contributed by atoms with Gasteiger partial charge >= 0.3 is 6.09 Å². The zero-order valence-electron chi connectivity index (χ0n) is 25.6. The van der Waals surface area contributed by atoms with Gasteiger partial charge in [0.05, 0.1) is 21.5 Å². The number of thiophene rings is 1. The number of anilines is 1. The van der Waals surface area contributed by atoms with E-state index in [0.29, 0.717) is 46.2 Å². The molecule has 240 valence electrons. The number of amides is 3. The smallest absolute Gasteiger partial charge is 0.410 e. The van der Waals surface area contributed by atoms with E-state index in [1.165, 1.54) is 29.7 Å². The predicted octanol–water partition coefficient (Wildman–Crippen LogP) is 6.27. The van der Waals surface area contributed by atoms with E-state index >= 15 is 4.39 Å². The van der Waals surface area contributed by atoms with E-state index in [1.807, 2.05) is 51.1 Å². The quantitative estimate of drug-likeness (QED) is 0.189. The Morgan fingerprint density at radius 2 is 1.87 bits per heavy atom. The summed E-state index contributed by atoms with van der Waals surface area (Å²) < 4.78 is 27.0. The number of aromatic nitrogens is 1. The van der Waals surface area contributed by atoms with E-state index in [-0.39, 0.29) is 41.1 Å². The number of likely N-dealkylation sites (tertiary alicyclic amines) is 1. The number of fused-ring (bicyclic) bond motifs is 1. The molecule has 5 rings (SSSR count). The fourth-order valence-electron chi connectivity index (χ4n) is 4.82. The van der Waals surface area contributed by atoms with Crippen LogP contribution in [0.2, 0.25) is 0 Å². The molecular weight excluding hydrogens is 630 g/mol. The molecule has 3 amide bonds. The minimum absolute atomic E-state index is 0.0349. The van der Waals surface area contributed by atoms with E-state index in [1.54, 1.807) is 23.1 Å². The minimum atomic E-state index is -0.653. The Bertz CT molecular complexity index is 1760. The average molecular weight is 664 g/mol. The van der Waals surface area contributed by atoms with Crippen molar-refractivity contribution in [3.8, 4) is 11.5 Å². The molecule has 0 unspecified atom stereocenters. The molecule has 13 heteroatoms. The van der Waals surface area contributed by atoms with E-state index in [9.17, 15) is 14.4 Å². The summed E-state index contributed by atoms with van der Waals surface area (Å²) in [5.41, 5.74) is 1.16. The van der Waals surface area contributed by atoms with Crippen LogP contribution in [0, 0.1) is 11.7 Å². The third-order valence-corrected chi connectivity index (χ3v) is 8.30. The van der Waals surface area contributed by atoms with Crippen LogP contribution in [0.4, 0.5) is 14.9 Å². The van der Waals surface area contributed by atoms with Crippen molar-refractivity contribution >= 4 is 62.5 Å². The largest absolute Gasteiger partial charge is 0.453 e. The molecule has 1 atom stereocenters. The fraction of sp³-hybridized carbons (Fsp3) is 0.303. The molecule has 2 aromatic heterocycles. The van der Waals surface area contributed by atoms with Crippen LogP contribution in [0.5, 0.6) is 11.5 Å². The Kier molecular flexibility index (Phi) is 10.1. The van der Waals surface area contributed by atoms with E-state index in [0.717, 1.165) is 12.0 Å². The summed E-state index contributed by atoms with van der Waals surface area (Å²) in [6.45, 7) is 6.98. The Morgan fingerprint density at radius 3 is 2.61 bits per heavy atom. The zero-order chi connectivity index (χ0) is 32.8. The van der Waals surface area contributed by atoms with Crippen LogP contribution >= 0.6 is 23.6 Å². The highest BCUT2D eigenvalue weighted by Crippen LogP contribution is 2.36. The van der Waals surface area contributed by atoms with Crippen molar-refractivity contribution in [1.29, 1.82) is 0 Å². The van der Waals surface area contributed by atoms with E-state index in [4.69, 9.17) is 21.7 Å². The van der Waals surface area contributed by atoms with Gasteiger partial charge in [-0.25, -0.2) is 9.18 Å². The van der Waals surface area contributed by atoms with Crippen LogP contribution < -0.4 is 20.7 Å². The second-order valence-electron chi connectivity index (χ2n) is 11.8. The molecular formula is C33H34FN5O5S2. The lowest BCUT2D eigenvalue weighted by Gasteiger charge is -2.24. The van der Waals surface area contributed by atoms with E-state index < -0.39 is 11.4 Å². The molecule has 1 aliphatic rings. The molecule has 1 aliphatic heterocycles. The Morgan fingerprint density at radius 1 is 1.09 bits per heavy atom. The molecule has 10 nitrogen and oxygen atoms in total. The van der Waals surface area contributed by atoms with Gasteiger partial charge in [-0.3, -0.25) is 14.6 Å². The Labute approximate surface area is 275 Å². The molecule has 0 radical (unpaired) electrons. The standard InChI is InChI=1S/C33H34FN5O5S2/c1-33(2,3)44-32(42)39-14-12-21(19-39)18-36-30(41)27-17-24-29(46-27)26(11-13-35-24)43-25-10-9-22(16-23(25)34)37-31(45)38-28(40)15-20-7-5-4-6-8-20/h4-11,13,16-17,21H,12,14-15,18-19H2,1-3H3,(H,36,41)(H2,37,38,40,45)/t21-/m1/s1. The minimum Gasteiger partial charge on any atom is -0.453 e. The first-order chi connectivity index (χ1) is 21.9. The Hall–Kier alpha value is -4.62. The first-order valence-corrected chi connectivity index (χ1v) is 15.9. The van der Waals surface area contributed by atoms with Crippen molar-refractivity contribution in [3.63, 3.8) is 0 Å². The lowest BCUT2D eigenvalue weighted by molar-refractivity contribution is -0.119. The summed E-state index contributed by atoms with van der Waals surface area (Å²) in [5.74, 6) is -0.784.